The van der Waals surface area contributed by atoms with Crippen molar-refractivity contribution in [3.63, 3.8) is 0 Å². The lowest BCUT2D eigenvalue weighted by atomic mass is 9.77. The molecular formula is C17H19F5. The van der Waals surface area contributed by atoms with Crippen molar-refractivity contribution in [2.45, 2.75) is 50.6 Å². The molecule has 0 unspecified atom stereocenters. The van der Waals surface area contributed by atoms with E-state index in [0.29, 0.717) is 11.5 Å². The summed E-state index contributed by atoms with van der Waals surface area (Å²) >= 11 is 0. The van der Waals surface area contributed by atoms with Crippen LogP contribution < -0.4 is 0 Å². The van der Waals surface area contributed by atoms with Crippen LogP contribution >= 0.6 is 0 Å². The Hall–Kier alpha value is -1.39. The summed E-state index contributed by atoms with van der Waals surface area (Å²) in [6.07, 6.45) is 2.23. The largest absolute Gasteiger partial charge is 0.422 e. The molecule has 1 fully saturated rings. The van der Waals surface area contributed by atoms with E-state index < -0.39 is 23.4 Å². The van der Waals surface area contributed by atoms with Crippen molar-refractivity contribution >= 4 is 0 Å². The fraction of sp³-hybridized carbons (Fsp3) is 0.529. The molecule has 5 heteroatoms. The predicted octanol–water partition coefficient (Wildman–Crippen LogP) is 6.22. The monoisotopic (exact) mass is 318 g/mol. The summed E-state index contributed by atoms with van der Waals surface area (Å²) in [7, 11) is 0. The van der Waals surface area contributed by atoms with Crippen LogP contribution in [0, 0.1) is 17.6 Å². The number of hydrogen-bond acceptors (Lipinski definition) is 0. The Bertz CT molecular complexity index is 501. The van der Waals surface area contributed by atoms with E-state index in [-0.39, 0.29) is 5.92 Å². The van der Waals surface area contributed by atoms with E-state index in [1.165, 1.54) is 0 Å². The number of benzene rings is 1. The number of allylic oxidation sites excluding steroid dienone is 1. The van der Waals surface area contributed by atoms with E-state index in [2.05, 4.69) is 6.58 Å². The minimum atomic E-state index is -5.00. The van der Waals surface area contributed by atoms with E-state index in [9.17, 15) is 22.0 Å². The second-order valence-electron chi connectivity index (χ2n) is 5.94. The van der Waals surface area contributed by atoms with E-state index in [4.69, 9.17) is 0 Å². The first-order chi connectivity index (χ1) is 10.3. The van der Waals surface area contributed by atoms with Crippen LogP contribution in [0.3, 0.4) is 0 Å². The highest BCUT2D eigenvalue weighted by Gasteiger charge is 2.38. The first-order valence-corrected chi connectivity index (χ1v) is 7.50. The summed E-state index contributed by atoms with van der Waals surface area (Å²) in [5, 5.41) is 0. The number of hydrogen-bond donors (Lipinski definition) is 0. The summed E-state index contributed by atoms with van der Waals surface area (Å²) in [5.74, 6) is -2.53. The molecule has 0 aliphatic heterocycles. The van der Waals surface area contributed by atoms with Gasteiger partial charge >= 0.3 is 6.18 Å². The van der Waals surface area contributed by atoms with Gasteiger partial charge in [-0.15, -0.1) is 6.58 Å². The molecule has 0 heterocycles. The van der Waals surface area contributed by atoms with Gasteiger partial charge in [0.05, 0.1) is 0 Å². The molecule has 0 nitrogen and oxygen atoms in total. The smallest absolute Gasteiger partial charge is 0.206 e. The fourth-order valence-corrected chi connectivity index (χ4v) is 3.24. The van der Waals surface area contributed by atoms with Gasteiger partial charge < -0.3 is 0 Å². The zero-order chi connectivity index (χ0) is 16.3. The van der Waals surface area contributed by atoms with Gasteiger partial charge in [0, 0.05) is 0 Å². The molecule has 0 saturated heterocycles. The van der Waals surface area contributed by atoms with Gasteiger partial charge in [0.15, 0.2) is 0 Å². The molecule has 0 amide bonds. The average molecular weight is 318 g/mol. The zero-order valence-corrected chi connectivity index (χ0v) is 12.2. The Kier molecular flexibility index (Phi) is 5.24. The van der Waals surface area contributed by atoms with Crippen molar-refractivity contribution in [3.8, 4) is 0 Å². The molecule has 1 saturated carbocycles. The molecule has 1 aliphatic rings. The van der Waals surface area contributed by atoms with Gasteiger partial charge in [0.2, 0.25) is 0 Å². The van der Waals surface area contributed by atoms with Crippen LogP contribution in [0.1, 0.15) is 55.6 Å². The second-order valence-corrected chi connectivity index (χ2v) is 5.94. The maximum atomic E-state index is 13.6. The third kappa shape index (κ3) is 3.87. The van der Waals surface area contributed by atoms with Crippen LogP contribution in [-0.4, -0.2) is 0 Å². The van der Waals surface area contributed by atoms with Crippen LogP contribution in [0.5, 0.6) is 0 Å². The molecule has 1 aromatic carbocycles. The SMILES string of the molecule is C=CCCC1CCC(c2cc(F)c(C(F)(F)F)c(F)c2)CC1. The maximum absolute atomic E-state index is 13.6. The quantitative estimate of drug-likeness (QED) is 0.456. The fourth-order valence-electron chi connectivity index (χ4n) is 3.24. The molecule has 0 N–H and O–H groups in total. The van der Waals surface area contributed by atoms with Crippen LogP contribution in [0.25, 0.3) is 0 Å². The second kappa shape index (κ2) is 6.80. The van der Waals surface area contributed by atoms with E-state index >= 15 is 0 Å². The van der Waals surface area contributed by atoms with Gasteiger partial charge in [-0.1, -0.05) is 6.08 Å². The third-order valence-electron chi connectivity index (χ3n) is 4.45. The van der Waals surface area contributed by atoms with Crippen LogP contribution in [0.2, 0.25) is 0 Å². The molecule has 122 valence electrons. The molecule has 0 radical (unpaired) electrons. The molecule has 0 bridgehead atoms. The first-order valence-electron chi connectivity index (χ1n) is 7.50. The van der Waals surface area contributed by atoms with E-state index in [1.807, 2.05) is 6.08 Å². The van der Waals surface area contributed by atoms with E-state index in [0.717, 1.165) is 50.7 Å². The van der Waals surface area contributed by atoms with E-state index in [1.54, 1.807) is 0 Å². The average Bonchev–Trinajstić information content (AvgIpc) is 2.43. The zero-order valence-electron chi connectivity index (χ0n) is 12.2. The van der Waals surface area contributed by atoms with Crippen LogP contribution in [0.4, 0.5) is 22.0 Å². The summed E-state index contributed by atoms with van der Waals surface area (Å²) in [6.45, 7) is 3.68. The third-order valence-corrected chi connectivity index (χ3v) is 4.45. The minimum Gasteiger partial charge on any atom is -0.206 e. The summed E-state index contributed by atoms with van der Waals surface area (Å²) < 4.78 is 65.0. The van der Waals surface area contributed by atoms with Crippen molar-refractivity contribution in [1.29, 1.82) is 0 Å². The maximum Gasteiger partial charge on any atom is 0.422 e. The lowest BCUT2D eigenvalue weighted by Gasteiger charge is -2.29. The molecule has 2 rings (SSSR count). The normalized spacial score (nSPS) is 22.6. The van der Waals surface area contributed by atoms with Crippen molar-refractivity contribution < 1.29 is 22.0 Å². The molecule has 1 aliphatic carbocycles. The van der Waals surface area contributed by atoms with Crippen molar-refractivity contribution in [2.75, 3.05) is 0 Å². The van der Waals surface area contributed by atoms with Gasteiger partial charge in [-0.2, -0.15) is 13.2 Å². The predicted molar refractivity (Wildman–Crippen MR) is 75.5 cm³/mol. The van der Waals surface area contributed by atoms with Crippen LogP contribution in [-0.2, 0) is 6.18 Å². The lowest BCUT2D eigenvalue weighted by Crippen LogP contribution is -2.16. The van der Waals surface area contributed by atoms with Crippen LogP contribution in [0.15, 0.2) is 24.8 Å². The Morgan fingerprint density at radius 1 is 1.05 bits per heavy atom. The standard InChI is InChI=1S/C17H19F5/c1-2-3-4-11-5-7-12(8-6-11)13-9-14(18)16(15(19)10-13)17(20,21)22/h2,9-12H,1,3-8H2. The van der Waals surface area contributed by atoms with Gasteiger partial charge in [-0.3, -0.25) is 0 Å². The lowest BCUT2D eigenvalue weighted by molar-refractivity contribution is -0.142. The molecule has 0 spiro atoms. The Labute approximate surface area is 127 Å². The first kappa shape index (κ1) is 17.0. The summed E-state index contributed by atoms with van der Waals surface area (Å²) in [6, 6.07) is 1.70. The minimum absolute atomic E-state index is 0.0636. The molecule has 22 heavy (non-hydrogen) atoms. The van der Waals surface area contributed by atoms with Gasteiger partial charge in [0.25, 0.3) is 0 Å². The highest BCUT2D eigenvalue weighted by molar-refractivity contribution is 5.30. The number of rotatable bonds is 4. The number of alkyl halides is 3. The van der Waals surface area contributed by atoms with Gasteiger partial charge in [0.1, 0.15) is 17.2 Å². The summed E-state index contributed by atoms with van der Waals surface area (Å²) in [5.41, 5.74) is -1.46. The molecule has 0 aromatic heterocycles. The Morgan fingerprint density at radius 2 is 1.59 bits per heavy atom. The van der Waals surface area contributed by atoms with Crippen molar-refractivity contribution in [3.05, 3.63) is 47.5 Å². The van der Waals surface area contributed by atoms with Crippen molar-refractivity contribution in [2.24, 2.45) is 5.92 Å². The molecule has 1 aromatic rings. The Morgan fingerprint density at radius 3 is 2.05 bits per heavy atom. The van der Waals surface area contributed by atoms with Crippen molar-refractivity contribution in [1.82, 2.24) is 0 Å². The summed E-state index contributed by atoms with van der Waals surface area (Å²) in [4.78, 5) is 0. The van der Waals surface area contributed by atoms with Gasteiger partial charge in [-0.25, -0.2) is 8.78 Å². The topological polar surface area (TPSA) is 0 Å². The number of halogens is 5. The highest BCUT2D eigenvalue weighted by Crippen LogP contribution is 2.40. The Balaban J connectivity index is 2.10. The molecule has 0 atom stereocenters. The highest BCUT2D eigenvalue weighted by atomic mass is 19.4. The van der Waals surface area contributed by atoms with Gasteiger partial charge in [-0.05, 0) is 68.1 Å². The molecular weight excluding hydrogens is 299 g/mol.